The third-order valence-corrected chi connectivity index (χ3v) is 1.38. The molecule has 12 heavy (non-hydrogen) atoms. The highest BCUT2D eigenvalue weighted by Crippen LogP contribution is 2.02. The molecule has 0 saturated heterocycles. The summed E-state index contributed by atoms with van der Waals surface area (Å²) in [5.41, 5.74) is 0. The number of carbonyl (C=O) groups excluding carboxylic acids is 2. The Morgan fingerprint density at radius 1 is 1.42 bits per heavy atom. The number of amides is 2. The van der Waals surface area contributed by atoms with E-state index in [0.29, 0.717) is 12.3 Å². The zero-order chi connectivity index (χ0) is 9.56. The van der Waals surface area contributed by atoms with Crippen molar-refractivity contribution in [3.8, 4) is 0 Å². The number of carbonyl (C=O) groups is 2. The molecule has 4 nitrogen and oxygen atoms in total. The molecule has 0 saturated carbocycles. The highest BCUT2D eigenvalue weighted by atomic mass is 16.5. The number of ether oxygens (including phenoxy) is 1. The lowest BCUT2D eigenvalue weighted by molar-refractivity contribution is -0.120. The first-order chi connectivity index (χ1) is 5.56. The summed E-state index contributed by atoms with van der Waals surface area (Å²) in [5.74, 6) is 0.184. The lowest BCUT2D eigenvalue weighted by atomic mass is 10.1. The molecule has 0 heterocycles. The van der Waals surface area contributed by atoms with Crippen molar-refractivity contribution < 1.29 is 14.3 Å². The average Bonchev–Trinajstić information content (AvgIpc) is 2.00. The first-order valence-corrected chi connectivity index (χ1v) is 3.94. The largest absolute Gasteiger partial charge is 0.453 e. The standard InChI is InChI=1S/C8H15NO3/c1-6(2)4-5-7(10)9-8(11)12-3/h6H,4-5H2,1-3H3,(H,9,10,11). The molecule has 0 spiro atoms. The Bertz CT molecular complexity index is 166. The second-order valence-corrected chi connectivity index (χ2v) is 2.97. The van der Waals surface area contributed by atoms with E-state index >= 15 is 0 Å². The van der Waals surface area contributed by atoms with E-state index in [4.69, 9.17) is 0 Å². The fourth-order valence-corrected chi connectivity index (χ4v) is 0.647. The van der Waals surface area contributed by atoms with Gasteiger partial charge in [0.1, 0.15) is 0 Å². The summed E-state index contributed by atoms with van der Waals surface area (Å²) in [6, 6.07) is 0. The zero-order valence-corrected chi connectivity index (χ0v) is 7.72. The van der Waals surface area contributed by atoms with E-state index in [0.717, 1.165) is 6.42 Å². The van der Waals surface area contributed by atoms with Crippen LogP contribution in [0.1, 0.15) is 26.7 Å². The quantitative estimate of drug-likeness (QED) is 0.700. The van der Waals surface area contributed by atoms with Crippen LogP contribution in [0.2, 0.25) is 0 Å². The average molecular weight is 173 g/mol. The second kappa shape index (κ2) is 5.57. The Labute approximate surface area is 72.3 Å². The van der Waals surface area contributed by atoms with Gasteiger partial charge in [0.15, 0.2) is 0 Å². The number of methoxy groups -OCH3 is 1. The Hall–Kier alpha value is -1.06. The smallest absolute Gasteiger partial charge is 0.413 e. The van der Waals surface area contributed by atoms with Crippen molar-refractivity contribution >= 4 is 12.0 Å². The van der Waals surface area contributed by atoms with Crippen LogP contribution in [0, 0.1) is 5.92 Å². The van der Waals surface area contributed by atoms with Gasteiger partial charge in [0, 0.05) is 6.42 Å². The lowest BCUT2D eigenvalue weighted by Crippen LogP contribution is -2.30. The zero-order valence-electron chi connectivity index (χ0n) is 7.72. The predicted molar refractivity (Wildman–Crippen MR) is 44.6 cm³/mol. The normalized spacial score (nSPS) is 9.67. The molecular formula is C8H15NO3. The van der Waals surface area contributed by atoms with Gasteiger partial charge in [-0.1, -0.05) is 13.8 Å². The highest BCUT2D eigenvalue weighted by Gasteiger charge is 2.07. The molecule has 0 aliphatic carbocycles. The molecule has 0 radical (unpaired) electrons. The van der Waals surface area contributed by atoms with Gasteiger partial charge in [-0.2, -0.15) is 0 Å². The maximum atomic E-state index is 10.9. The maximum absolute atomic E-state index is 10.9. The molecule has 0 aliphatic rings. The van der Waals surface area contributed by atoms with Crippen LogP contribution >= 0.6 is 0 Å². The summed E-state index contributed by atoms with van der Waals surface area (Å²) in [6.45, 7) is 4.04. The van der Waals surface area contributed by atoms with Gasteiger partial charge in [0.2, 0.25) is 5.91 Å². The Morgan fingerprint density at radius 2 is 2.00 bits per heavy atom. The van der Waals surface area contributed by atoms with Gasteiger partial charge in [-0.25, -0.2) is 4.79 Å². The number of imide groups is 1. The van der Waals surface area contributed by atoms with Crippen LogP contribution in [0.4, 0.5) is 4.79 Å². The summed E-state index contributed by atoms with van der Waals surface area (Å²) in [4.78, 5) is 21.4. The predicted octanol–water partition coefficient (Wildman–Crippen LogP) is 1.31. The van der Waals surface area contributed by atoms with Crippen molar-refractivity contribution in [3.05, 3.63) is 0 Å². The highest BCUT2D eigenvalue weighted by molar-refractivity contribution is 5.91. The van der Waals surface area contributed by atoms with Gasteiger partial charge in [-0.15, -0.1) is 0 Å². The van der Waals surface area contributed by atoms with E-state index in [1.807, 2.05) is 13.8 Å². The van der Waals surface area contributed by atoms with Crippen molar-refractivity contribution in [2.75, 3.05) is 7.11 Å². The molecule has 0 aromatic heterocycles. The van der Waals surface area contributed by atoms with Crippen molar-refractivity contribution in [1.82, 2.24) is 5.32 Å². The van der Waals surface area contributed by atoms with Crippen molar-refractivity contribution in [1.29, 1.82) is 0 Å². The Kier molecular flexibility index (Phi) is 5.08. The van der Waals surface area contributed by atoms with Gasteiger partial charge in [-0.3, -0.25) is 10.1 Å². The van der Waals surface area contributed by atoms with E-state index in [9.17, 15) is 9.59 Å². The molecule has 2 amide bonds. The van der Waals surface area contributed by atoms with Crippen LogP contribution in [0.25, 0.3) is 0 Å². The van der Waals surface area contributed by atoms with Crippen LogP contribution in [-0.2, 0) is 9.53 Å². The van der Waals surface area contributed by atoms with Crippen molar-refractivity contribution in [2.24, 2.45) is 5.92 Å². The second-order valence-electron chi connectivity index (χ2n) is 2.97. The molecule has 0 unspecified atom stereocenters. The molecule has 4 heteroatoms. The van der Waals surface area contributed by atoms with E-state index in [1.54, 1.807) is 0 Å². The van der Waals surface area contributed by atoms with Crippen molar-refractivity contribution in [3.63, 3.8) is 0 Å². The van der Waals surface area contributed by atoms with Crippen LogP contribution in [0.5, 0.6) is 0 Å². The van der Waals surface area contributed by atoms with Crippen LogP contribution in [-0.4, -0.2) is 19.1 Å². The third kappa shape index (κ3) is 5.70. The SMILES string of the molecule is COC(=O)NC(=O)CCC(C)C. The molecule has 0 bridgehead atoms. The number of alkyl carbamates (subject to hydrolysis) is 1. The lowest BCUT2D eigenvalue weighted by Gasteiger charge is -2.03. The van der Waals surface area contributed by atoms with Gasteiger partial charge >= 0.3 is 6.09 Å². The van der Waals surface area contributed by atoms with Gasteiger partial charge in [0.05, 0.1) is 7.11 Å². The van der Waals surface area contributed by atoms with Gasteiger partial charge in [-0.05, 0) is 12.3 Å². The third-order valence-electron chi connectivity index (χ3n) is 1.38. The minimum atomic E-state index is -0.691. The van der Waals surface area contributed by atoms with Gasteiger partial charge < -0.3 is 4.74 Å². The number of nitrogens with one attached hydrogen (secondary N) is 1. The van der Waals surface area contributed by atoms with E-state index in [2.05, 4.69) is 10.1 Å². The summed E-state index contributed by atoms with van der Waals surface area (Å²) in [6.07, 6.45) is 0.457. The van der Waals surface area contributed by atoms with E-state index < -0.39 is 6.09 Å². The molecule has 0 aromatic rings. The first kappa shape index (κ1) is 10.9. The maximum Gasteiger partial charge on any atom is 0.413 e. The summed E-state index contributed by atoms with van der Waals surface area (Å²) in [5, 5.41) is 2.08. The molecule has 0 atom stereocenters. The monoisotopic (exact) mass is 173 g/mol. The molecule has 0 rings (SSSR count). The molecule has 70 valence electrons. The first-order valence-electron chi connectivity index (χ1n) is 3.94. The van der Waals surface area contributed by atoms with Crippen molar-refractivity contribution in [2.45, 2.75) is 26.7 Å². The van der Waals surface area contributed by atoms with Crippen LogP contribution in [0.15, 0.2) is 0 Å². The van der Waals surface area contributed by atoms with Crippen LogP contribution in [0.3, 0.4) is 0 Å². The molecular weight excluding hydrogens is 158 g/mol. The minimum absolute atomic E-state index is 0.282. The topological polar surface area (TPSA) is 55.4 Å². The van der Waals surface area contributed by atoms with E-state index in [1.165, 1.54) is 7.11 Å². The summed E-state index contributed by atoms with van der Waals surface area (Å²) in [7, 11) is 1.23. The fraction of sp³-hybridized carbons (Fsp3) is 0.750. The molecule has 0 fully saturated rings. The minimum Gasteiger partial charge on any atom is -0.453 e. The summed E-state index contributed by atoms with van der Waals surface area (Å²) >= 11 is 0. The molecule has 1 N–H and O–H groups in total. The number of hydrogen-bond acceptors (Lipinski definition) is 3. The van der Waals surface area contributed by atoms with E-state index in [-0.39, 0.29) is 5.91 Å². The molecule has 0 aliphatic heterocycles. The van der Waals surface area contributed by atoms with Gasteiger partial charge in [0.25, 0.3) is 0 Å². The number of rotatable bonds is 3. The molecule has 0 aromatic carbocycles. The Morgan fingerprint density at radius 3 is 2.42 bits per heavy atom. The Balaban J connectivity index is 3.53. The number of hydrogen-bond donors (Lipinski definition) is 1. The van der Waals surface area contributed by atoms with Crippen LogP contribution < -0.4 is 5.32 Å². The fourth-order valence-electron chi connectivity index (χ4n) is 0.647. The summed E-state index contributed by atoms with van der Waals surface area (Å²) < 4.78 is 4.26.